The number of rotatable bonds is 7. The highest BCUT2D eigenvalue weighted by Crippen LogP contribution is 2.27. The Bertz CT molecular complexity index is 681. The zero-order valence-electron chi connectivity index (χ0n) is 12.8. The smallest absolute Gasteiger partial charge is 0.315 e. The van der Waals surface area contributed by atoms with E-state index in [1.807, 2.05) is 18.2 Å². The second-order valence-corrected chi connectivity index (χ2v) is 6.77. The molecule has 0 saturated carbocycles. The molecule has 0 fully saturated rings. The lowest BCUT2D eigenvalue weighted by Gasteiger charge is -2.10. The third-order valence-electron chi connectivity index (χ3n) is 3.12. The predicted octanol–water partition coefficient (Wildman–Crippen LogP) is 5.02. The number of benzene rings is 2. The van der Waals surface area contributed by atoms with Crippen LogP contribution in [0.5, 0.6) is 5.75 Å². The van der Waals surface area contributed by atoms with Crippen LogP contribution in [0, 0.1) is 0 Å². The van der Waals surface area contributed by atoms with Gasteiger partial charge in [0.25, 0.3) is 0 Å². The summed E-state index contributed by atoms with van der Waals surface area (Å²) in [6.07, 6.45) is 0.681. The zero-order chi connectivity index (χ0) is 17.4. The van der Waals surface area contributed by atoms with E-state index >= 15 is 0 Å². The Kier molecular flexibility index (Phi) is 7.69. The van der Waals surface area contributed by atoms with Crippen LogP contribution >= 0.6 is 39.1 Å². The van der Waals surface area contributed by atoms with Crippen molar-refractivity contribution in [1.29, 1.82) is 0 Å². The van der Waals surface area contributed by atoms with Gasteiger partial charge in [0, 0.05) is 22.6 Å². The molecule has 2 amide bonds. The third kappa shape index (κ3) is 6.59. The standard InChI is InChI=1S/C17H17BrCl2N2O2/c18-13-4-7-16(15(20)10-13)24-9-1-8-21-17(23)22-11-12-2-5-14(19)6-3-12/h2-7,10H,1,8-9,11H2,(H2,21,22,23). The Labute approximate surface area is 159 Å². The molecular formula is C17H17BrCl2N2O2. The first kappa shape index (κ1) is 18.9. The molecule has 2 aromatic rings. The largest absolute Gasteiger partial charge is 0.492 e. The second kappa shape index (κ2) is 9.77. The Morgan fingerprint density at radius 1 is 1.08 bits per heavy atom. The number of carbonyl (C=O) groups excluding carboxylic acids is 1. The molecule has 0 aromatic heterocycles. The summed E-state index contributed by atoms with van der Waals surface area (Å²) in [4.78, 5) is 11.7. The van der Waals surface area contributed by atoms with Gasteiger partial charge in [0.05, 0.1) is 11.6 Å². The van der Waals surface area contributed by atoms with Gasteiger partial charge in [-0.05, 0) is 42.3 Å². The number of hydrogen-bond acceptors (Lipinski definition) is 2. The van der Waals surface area contributed by atoms with E-state index in [4.69, 9.17) is 27.9 Å². The number of hydrogen-bond donors (Lipinski definition) is 2. The summed E-state index contributed by atoms with van der Waals surface area (Å²) in [6, 6.07) is 12.6. The Hall–Kier alpha value is -1.43. The van der Waals surface area contributed by atoms with Crippen LogP contribution in [-0.2, 0) is 6.54 Å². The van der Waals surface area contributed by atoms with E-state index in [2.05, 4.69) is 26.6 Å². The van der Waals surface area contributed by atoms with Gasteiger partial charge in [-0.25, -0.2) is 4.79 Å². The molecule has 0 heterocycles. The van der Waals surface area contributed by atoms with Gasteiger partial charge in [-0.1, -0.05) is 51.3 Å². The van der Waals surface area contributed by atoms with Gasteiger partial charge in [-0.15, -0.1) is 0 Å². The molecule has 0 unspecified atom stereocenters. The summed E-state index contributed by atoms with van der Waals surface area (Å²) in [5.74, 6) is 0.632. The minimum Gasteiger partial charge on any atom is -0.492 e. The first-order valence-corrected chi connectivity index (χ1v) is 8.93. The molecule has 0 radical (unpaired) electrons. The number of ether oxygens (including phenoxy) is 1. The van der Waals surface area contributed by atoms with Crippen molar-refractivity contribution in [3.05, 3.63) is 62.5 Å². The van der Waals surface area contributed by atoms with E-state index in [-0.39, 0.29) is 6.03 Å². The lowest BCUT2D eigenvalue weighted by molar-refractivity contribution is 0.238. The molecule has 2 aromatic carbocycles. The maximum atomic E-state index is 11.7. The van der Waals surface area contributed by atoms with Crippen LogP contribution in [-0.4, -0.2) is 19.2 Å². The molecule has 0 aliphatic heterocycles. The van der Waals surface area contributed by atoms with Gasteiger partial charge >= 0.3 is 6.03 Å². The van der Waals surface area contributed by atoms with Crippen LogP contribution in [0.4, 0.5) is 4.79 Å². The maximum Gasteiger partial charge on any atom is 0.315 e. The van der Waals surface area contributed by atoms with Crippen molar-refractivity contribution in [3.8, 4) is 5.75 Å². The topological polar surface area (TPSA) is 50.4 Å². The summed E-state index contributed by atoms with van der Waals surface area (Å²) in [5.41, 5.74) is 0.989. The monoisotopic (exact) mass is 430 g/mol. The van der Waals surface area contributed by atoms with Crippen molar-refractivity contribution in [2.75, 3.05) is 13.2 Å². The van der Waals surface area contributed by atoms with Crippen molar-refractivity contribution in [2.45, 2.75) is 13.0 Å². The van der Waals surface area contributed by atoms with E-state index in [0.717, 1.165) is 10.0 Å². The maximum absolute atomic E-state index is 11.7. The van der Waals surface area contributed by atoms with Crippen LogP contribution in [0.1, 0.15) is 12.0 Å². The molecule has 4 nitrogen and oxygen atoms in total. The Morgan fingerprint density at radius 2 is 1.83 bits per heavy atom. The average Bonchev–Trinajstić information content (AvgIpc) is 2.56. The van der Waals surface area contributed by atoms with Gasteiger partial charge in [-0.3, -0.25) is 0 Å². The molecule has 0 saturated heterocycles. The van der Waals surface area contributed by atoms with Crippen molar-refractivity contribution < 1.29 is 9.53 Å². The fourth-order valence-electron chi connectivity index (χ4n) is 1.90. The van der Waals surface area contributed by atoms with E-state index < -0.39 is 0 Å². The lowest BCUT2D eigenvalue weighted by atomic mass is 10.2. The Balaban J connectivity index is 1.60. The van der Waals surface area contributed by atoms with E-state index in [1.165, 1.54) is 0 Å². The van der Waals surface area contributed by atoms with Gasteiger partial charge < -0.3 is 15.4 Å². The first-order chi connectivity index (χ1) is 11.5. The zero-order valence-corrected chi connectivity index (χ0v) is 15.9. The highest BCUT2D eigenvalue weighted by molar-refractivity contribution is 9.10. The van der Waals surface area contributed by atoms with Gasteiger partial charge in [0.15, 0.2) is 0 Å². The van der Waals surface area contributed by atoms with E-state index in [0.29, 0.717) is 41.9 Å². The fraction of sp³-hybridized carbons (Fsp3) is 0.235. The minimum atomic E-state index is -0.216. The number of carbonyl (C=O) groups is 1. The molecule has 0 bridgehead atoms. The van der Waals surface area contributed by atoms with E-state index in [9.17, 15) is 4.79 Å². The number of urea groups is 1. The highest BCUT2D eigenvalue weighted by atomic mass is 79.9. The molecule has 128 valence electrons. The summed E-state index contributed by atoms with van der Waals surface area (Å²) in [5, 5.41) is 6.79. The molecule has 0 spiro atoms. The highest BCUT2D eigenvalue weighted by Gasteiger charge is 2.03. The van der Waals surface area contributed by atoms with Gasteiger partial charge in [0.1, 0.15) is 5.75 Å². The minimum absolute atomic E-state index is 0.216. The van der Waals surface area contributed by atoms with Crippen LogP contribution in [0.3, 0.4) is 0 Å². The molecule has 7 heteroatoms. The van der Waals surface area contributed by atoms with E-state index in [1.54, 1.807) is 24.3 Å². The van der Waals surface area contributed by atoms with Crippen molar-refractivity contribution in [1.82, 2.24) is 10.6 Å². The molecule has 0 aliphatic rings. The van der Waals surface area contributed by atoms with Crippen molar-refractivity contribution in [3.63, 3.8) is 0 Å². The average molecular weight is 432 g/mol. The SMILES string of the molecule is O=C(NCCCOc1ccc(Br)cc1Cl)NCc1ccc(Cl)cc1. The van der Waals surface area contributed by atoms with Gasteiger partial charge in [-0.2, -0.15) is 0 Å². The molecule has 24 heavy (non-hydrogen) atoms. The Morgan fingerprint density at radius 3 is 2.54 bits per heavy atom. The molecular weight excluding hydrogens is 415 g/mol. The molecule has 0 atom stereocenters. The van der Waals surface area contributed by atoms with Crippen LogP contribution in [0.2, 0.25) is 10.0 Å². The molecule has 2 rings (SSSR count). The number of nitrogens with one attached hydrogen (secondary N) is 2. The predicted molar refractivity (Wildman–Crippen MR) is 101 cm³/mol. The van der Waals surface area contributed by atoms with Crippen LogP contribution < -0.4 is 15.4 Å². The van der Waals surface area contributed by atoms with Crippen LogP contribution in [0.15, 0.2) is 46.9 Å². The number of halogens is 3. The third-order valence-corrected chi connectivity index (χ3v) is 4.17. The van der Waals surface area contributed by atoms with Crippen molar-refractivity contribution in [2.24, 2.45) is 0 Å². The molecule has 2 N–H and O–H groups in total. The van der Waals surface area contributed by atoms with Crippen molar-refractivity contribution >= 4 is 45.2 Å². The summed E-state index contributed by atoms with van der Waals surface area (Å²) < 4.78 is 6.48. The normalized spacial score (nSPS) is 10.3. The van der Waals surface area contributed by atoms with Crippen LogP contribution in [0.25, 0.3) is 0 Å². The quantitative estimate of drug-likeness (QED) is 0.604. The first-order valence-electron chi connectivity index (χ1n) is 7.38. The molecule has 0 aliphatic carbocycles. The summed E-state index contributed by atoms with van der Waals surface area (Å²) in [7, 11) is 0. The van der Waals surface area contributed by atoms with Gasteiger partial charge in [0.2, 0.25) is 0 Å². The number of amides is 2. The second-order valence-electron chi connectivity index (χ2n) is 5.01. The lowest BCUT2D eigenvalue weighted by Crippen LogP contribution is -2.35. The summed E-state index contributed by atoms with van der Waals surface area (Å²) in [6.45, 7) is 1.44. The summed E-state index contributed by atoms with van der Waals surface area (Å²) >= 11 is 15.2. The fourth-order valence-corrected chi connectivity index (χ4v) is 2.75.